The third-order valence-corrected chi connectivity index (χ3v) is 5.01. The molecule has 23 heavy (non-hydrogen) atoms. The maximum absolute atomic E-state index is 4.50. The topological polar surface area (TPSA) is 29.9 Å². The van der Waals surface area contributed by atoms with Gasteiger partial charge in [0.2, 0.25) is 5.95 Å². The fraction of sp³-hybridized carbons (Fsp3) is 0.167. The molecule has 0 amide bonds. The van der Waals surface area contributed by atoms with Crippen molar-refractivity contribution in [1.82, 2.24) is 9.55 Å². The molecule has 3 rings (SSSR count). The van der Waals surface area contributed by atoms with Crippen LogP contribution in [-0.2, 0) is 13.6 Å². The van der Waals surface area contributed by atoms with E-state index in [-0.39, 0.29) is 0 Å². The minimum absolute atomic E-state index is 0.763. The maximum Gasteiger partial charge on any atom is 0.203 e. The average Bonchev–Trinajstić information content (AvgIpc) is 2.95. The zero-order chi connectivity index (χ0) is 16.2. The molecular formula is C18H18BrN3S. The van der Waals surface area contributed by atoms with Gasteiger partial charge in [-0.25, -0.2) is 4.98 Å². The Balaban J connectivity index is 1.72. The van der Waals surface area contributed by atoms with Crippen molar-refractivity contribution in [2.75, 3.05) is 11.6 Å². The van der Waals surface area contributed by atoms with Gasteiger partial charge in [-0.3, -0.25) is 0 Å². The Bertz CT molecular complexity index is 779. The highest BCUT2D eigenvalue weighted by molar-refractivity contribution is 9.10. The SMILES string of the molecule is CSc1ccc(CNc2ncc(-c3ccc(Br)cc3)n2C)cc1. The largest absolute Gasteiger partial charge is 0.352 e. The van der Waals surface area contributed by atoms with E-state index in [0.29, 0.717) is 0 Å². The van der Waals surface area contributed by atoms with Gasteiger partial charge in [0, 0.05) is 23.0 Å². The van der Waals surface area contributed by atoms with Gasteiger partial charge in [-0.1, -0.05) is 40.2 Å². The second-order valence-electron chi connectivity index (χ2n) is 5.23. The molecule has 0 atom stereocenters. The molecule has 0 saturated carbocycles. The summed E-state index contributed by atoms with van der Waals surface area (Å²) in [4.78, 5) is 5.78. The van der Waals surface area contributed by atoms with Crippen LogP contribution >= 0.6 is 27.7 Å². The molecular weight excluding hydrogens is 370 g/mol. The zero-order valence-corrected chi connectivity index (χ0v) is 15.5. The summed E-state index contributed by atoms with van der Waals surface area (Å²) in [5.41, 5.74) is 3.49. The predicted molar refractivity (Wildman–Crippen MR) is 102 cm³/mol. The second kappa shape index (κ2) is 7.23. The number of halogens is 1. The van der Waals surface area contributed by atoms with Gasteiger partial charge in [-0.05, 0) is 41.6 Å². The van der Waals surface area contributed by atoms with E-state index in [1.54, 1.807) is 11.8 Å². The molecule has 0 radical (unpaired) electrons. The van der Waals surface area contributed by atoms with Gasteiger partial charge in [0.05, 0.1) is 11.9 Å². The molecule has 0 fully saturated rings. The maximum atomic E-state index is 4.50. The average molecular weight is 388 g/mol. The van der Waals surface area contributed by atoms with Crippen molar-refractivity contribution >= 4 is 33.6 Å². The fourth-order valence-electron chi connectivity index (χ4n) is 2.39. The number of rotatable bonds is 5. The lowest BCUT2D eigenvalue weighted by Gasteiger charge is -2.09. The van der Waals surface area contributed by atoms with E-state index in [9.17, 15) is 0 Å². The van der Waals surface area contributed by atoms with Crippen molar-refractivity contribution in [3.05, 3.63) is 64.8 Å². The number of imidazole rings is 1. The van der Waals surface area contributed by atoms with Crippen molar-refractivity contribution in [2.24, 2.45) is 7.05 Å². The van der Waals surface area contributed by atoms with Gasteiger partial charge >= 0.3 is 0 Å². The van der Waals surface area contributed by atoms with Gasteiger partial charge < -0.3 is 9.88 Å². The van der Waals surface area contributed by atoms with Crippen LogP contribution in [0.1, 0.15) is 5.56 Å². The third kappa shape index (κ3) is 3.79. The van der Waals surface area contributed by atoms with E-state index < -0.39 is 0 Å². The van der Waals surface area contributed by atoms with Crippen LogP contribution < -0.4 is 5.32 Å². The Kier molecular flexibility index (Phi) is 5.08. The summed E-state index contributed by atoms with van der Waals surface area (Å²) in [6.45, 7) is 0.763. The molecule has 1 heterocycles. The Hall–Kier alpha value is -1.72. The molecule has 2 aromatic carbocycles. The van der Waals surface area contributed by atoms with Crippen LogP contribution in [-0.4, -0.2) is 15.8 Å². The van der Waals surface area contributed by atoms with Gasteiger partial charge in [0.1, 0.15) is 0 Å². The molecule has 5 heteroatoms. The monoisotopic (exact) mass is 387 g/mol. The molecule has 0 aliphatic rings. The molecule has 118 valence electrons. The number of thioether (sulfide) groups is 1. The summed E-state index contributed by atoms with van der Waals surface area (Å²) in [7, 11) is 2.03. The van der Waals surface area contributed by atoms with Crippen molar-refractivity contribution in [3.8, 4) is 11.3 Å². The summed E-state index contributed by atoms with van der Waals surface area (Å²) in [6.07, 6.45) is 3.99. The molecule has 0 saturated heterocycles. The van der Waals surface area contributed by atoms with Crippen LogP contribution in [0.25, 0.3) is 11.3 Å². The van der Waals surface area contributed by atoms with Crippen molar-refractivity contribution in [2.45, 2.75) is 11.4 Å². The number of nitrogens with zero attached hydrogens (tertiary/aromatic N) is 2. The van der Waals surface area contributed by atoms with E-state index in [1.165, 1.54) is 10.5 Å². The number of nitrogens with one attached hydrogen (secondary N) is 1. The standard InChI is InChI=1S/C18H18BrN3S/c1-22-17(14-5-7-15(19)8-6-14)12-21-18(22)20-11-13-3-9-16(23-2)10-4-13/h3-10,12H,11H2,1-2H3,(H,20,21). The molecule has 3 nitrogen and oxygen atoms in total. The fourth-order valence-corrected chi connectivity index (χ4v) is 3.06. The van der Waals surface area contributed by atoms with Crippen LogP contribution in [0.2, 0.25) is 0 Å². The summed E-state index contributed by atoms with van der Waals surface area (Å²) >= 11 is 5.22. The summed E-state index contributed by atoms with van der Waals surface area (Å²) in [6, 6.07) is 16.9. The van der Waals surface area contributed by atoms with Gasteiger partial charge in [-0.2, -0.15) is 0 Å². The van der Waals surface area contributed by atoms with E-state index >= 15 is 0 Å². The van der Waals surface area contributed by atoms with Crippen molar-refractivity contribution < 1.29 is 0 Å². The third-order valence-electron chi connectivity index (χ3n) is 3.74. The predicted octanol–water partition coefficient (Wildman–Crippen LogP) is 5.18. The number of hydrogen-bond acceptors (Lipinski definition) is 3. The smallest absolute Gasteiger partial charge is 0.203 e. The first-order chi connectivity index (χ1) is 11.2. The highest BCUT2D eigenvalue weighted by atomic mass is 79.9. The quantitative estimate of drug-likeness (QED) is 0.611. The minimum atomic E-state index is 0.763. The Morgan fingerprint density at radius 1 is 1.09 bits per heavy atom. The molecule has 0 aliphatic carbocycles. The van der Waals surface area contributed by atoms with E-state index in [4.69, 9.17) is 0 Å². The molecule has 0 bridgehead atoms. The Morgan fingerprint density at radius 2 is 1.78 bits per heavy atom. The molecule has 0 spiro atoms. The van der Waals surface area contributed by atoms with Crippen LogP contribution in [0.15, 0.2) is 64.1 Å². The van der Waals surface area contributed by atoms with Gasteiger partial charge in [0.25, 0.3) is 0 Å². The van der Waals surface area contributed by atoms with Crippen LogP contribution in [0.3, 0.4) is 0 Å². The highest BCUT2D eigenvalue weighted by Gasteiger charge is 2.08. The molecule has 3 aromatic rings. The lowest BCUT2D eigenvalue weighted by atomic mass is 10.2. The summed E-state index contributed by atoms with van der Waals surface area (Å²) in [5, 5.41) is 3.40. The number of anilines is 1. The second-order valence-corrected chi connectivity index (χ2v) is 7.03. The first-order valence-electron chi connectivity index (χ1n) is 7.32. The Labute approximate surface area is 149 Å². The van der Waals surface area contributed by atoms with Crippen molar-refractivity contribution in [3.63, 3.8) is 0 Å². The molecule has 0 unspecified atom stereocenters. The lowest BCUT2D eigenvalue weighted by molar-refractivity contribution is 0.906. The molecule has 1 aromatic heterocycles. The van der Waals surface area contributed by atoms with Gasteiger partial charge in [-0.15, -0.1) is 11.8 Å². The first kappa shape index (κ1) is 16.1. The van der Waals surface area contributed by atoms with Crippen LogP contribution in [0.5, 0.6) is 0 Å². The summed E-state index contributed by atoms with van der Waals surface area (Å²) < 4.78 is 3.16. The number of hydrogen-bond donors (Lipinski definition) is 1. The van der Waals surface area contributed by atoms with Crippen molar-refractivity contribution in [1.29, 1.82) is 0 Å². The molecule has 1 N–H and O–H groups in total. The lowest BCUT2D eigenvalue weighted by Crippen LogP contribution is -2.05. The van der Waals surface area contributed by atoms with Crippen LogP contribution in [0.4, 0.5) is 5.95 Å². The van der Waals surface area contributed by atoms with E-state index in [1.807, 2.05) is 25.4 Å². The highest BCUT2D eigenvalue weighted by Crippen LogP contribution is 2.24. The minimum Gasteiger partial charge on any atom is -0.352 e. The number of benzene rings is 2. The van der Waals surface area contributed by atoms with E-state index in [2.05, 4.69) is 73.5 Å². The van der Waals surface area contributed by atoms with E-state index in [0.717, 1.165) is 28.2 Å². The first-order valence-corrected chi connectivity index (χ1v) is 9.33. The zero-order valence-electron chi connectivity index (χ0n) is 13.1. The van der Waals surface area contributed by atoms with Crippen LogP contribution in [0, 0.1) is 0 Å². The van der Waals surface area contributed by atoms with Gasteiger partial charge in [0.15, 0.2) is 0 Å². The Morgan fingerprint density at radius 3 is 2.43 bits per heavy atom. The number of aromatic nitrogens is 2. The normalized spacial score (nSPS) is 10.7. The molecule has 0 aliphatic heterocycles. The summed E-state index contributed by atoms with van der Waals surface area (Å²) in [5.74, 6) is 0.872.